The van der Waals surface area contributed by atoms with Crippen LogP contribution in [0.2, 0.25) is 0 Å². The molecule has 2 rings (SSSR count). The molecule has 0 saturated heterocycles. The molecule has 0 amide bonds. The lowest BCUT2D eigenvalue weighted by Crippen LogP contribution is -2.07. The topological polar surface area (TPSA) is 59.4 Å². The first kappa shape index (κ1) is 12.6. The largest absolute Gasteiger partial charge is 0.497 e. The lowest BCUT2D eigenvalue weighted by Gasteiger charge is -2.13. The number of aliphatic carboxylic acids is 1. The highest BCUT2D eigenvalue weighted by Crippen LogP contribution is 2.30. The van der Waals surface area contributed by atoms with Gasteiger partial charge in [0.15, 0.2) is 0 Å². The van der Waals surface area contributed by atoms with Crippen molar-refractivity contribution in [3.8, 4) is 5.75 Å². The van der Waals surface area contributed by atoms with E-state index in [4.69, 9.17) is 9.84 Å². The number of nitrogens with zero attached hydrogens (tertiary/aromatic N) is 1. The number of methoxy groups -OCH3 is 1. The maximum atomic E-state index is 11.0. The van der Waals surface area contributed by atoms with Crippen molar-refractivity contribution in [3.63, 3.8) is 0 Å². The van der Waals surface area contributed by atoms with Crippen LogP contribution in [0.5, 0.6) is 5.75 Å². The summed E-state index contributed by atoms with van der Waals surface area (Å²) in [5.41, 5.74) is 0.938. The number of hydrogen-bond acceptors (Lipinski definition) is 4. The Hall–Kier alpha value is -1.88. The fourth-order valence-electron chi connectivity index (χ4n) is 1.77. The average Bonchev–Trinajstić information content (AvgIpc) is 2.89. The van der Waals surface area contributed by atoms with Crippen LogP contribution in [0.4, 0.5) is 0 Å². The van der Waals surface area contributed by atoms with E-state index in [0.29, 0.717) is 0 Å². The molecule has 0 fully saturated rings. The van der Waals surface area contributed by atoms with E-state index >= 15 is 0 Å². The van der Waals surface area contributed by atoms with Gasteiger partial charge in [-0.2, -0.15) is 0 Å². The fourth-order valence-corrected chi connectivity index (χ4v) is 2.53. The molecule has 4 nitrogen and oxygen atoms in total. The first-order chi connectivity index (χ1) is 8.70. The van der Waals surface area contributed by atoms with Crippen molar-refractivity contribution in [3.05, 3.63) is 46.4 Å². The molecule has 0 radical (unpaired) electrons. The van der Waals surface area contributed by atoms with E-state index in [0.717, 1.165) is 16.3 Å². The quantitative estimate of drug-likeness (QED) is 0.901. The summed E-state index contributed by atoms with van der Waals surface area (Å²) in [6.45, 7) is 0. The Morgan fingerprint density at radius 3 is 2.67 bits per heavy atom. The molecule has 0 aliphatic rings. The van der Waals surface area contributed by atoms with E-state index in [-0.39, 0.29) is 12.3 Å². The smallest absolute Gasteiger partial charge is 0.304 e. The summed E-state index contributed by atoms with van der Waals surface area (Å²) in [7, 11) is 1.60. The van der Waals surface area contributed by atoms with Crippen molar-refractivity contribution in [2.75, 3.05) is 7.11 Å². The summed E-state index contributed by atoms with van der Waals surface area (Å²) in [5.74, 6) is -0.272. The summed E-state index contributed by atoms with van der Waals surface area (Å²) in [6.07, 6.45) is 1.73. The number of thiazole rings is 1. The Morgan fingerprint density at radius 1 is 1.44 bits per heavy atom. The minimum absolute atomic E-state index is 0.0415. The normalized spacial score (nSPS) is 12.1. The van der Waals surface area contributed by atoms with Crippen LogP contribution in [0.15, 0.2) is 35.8 Å². The summed E-state index contributed by atoms with van der Waals surface area (Å²) >= 11 is 1.47. The van der Waals surface area contributed by atoms with E-state index in [1.165, 1.54) is 11.3 Å². The highest BCUT2D eigenvalue weighted by molar-refractivity contribution is 7.09. The van der Waals surface area contributed by atoms with Gasteiger partial charge in [-0.05, 0) is 17.7 Å². The van der Waals surface area contributed by atoms with E-state index < -0.39 is 5.97 Å². The molecule has 18 heavy (non-hydrogen) atoms. The van der Waals surface area contributed by atoms with E-state index in [1.807, 2.05) is 29.6 Å². The second-order valence-corrected chi connectivity index (χ2v) is 4.72. The van der Waals surface area contributed by atoms with Gasteiger partial charge in [-0.15, -0.1) is 11.3 Å². The maximum Gasteiger partial charge on any atom is 0.304 e. The number of ether oxygens (including phenoxy) is 1. The molecule has 1 unspecified atom stereocenters. The fraction of sp³-hybridized carbons (Fsp3) is 0.231. The van der Waals surface area contributed by atoms with Gasteiger partial charge in [-0.1, -0.05) is 12.1 Å². The predicted molar refractivity (Wildman–Crippen MR) is 69.2 cm³/mol. The van der Waals surface area contributed by atoms with Gasteiger partial charge in [0.05, 0.1) is 13.5 Å². The summed E-state index contributed by atoms with van der Waals surface area (Å²) in [6, 6.07) is 7.43. The highest BCUT2D eigenvalue weighted by Gasteiger charge is 2.20. The summed E-state index contributed by atoms with van der Waals surface area (Å²) in [5, 5.41) is 11.7. The second-order valence-electron chi connectivity index (χ2n) is 3.79. The number of carboxylic acid groups (broad SMARTS) is 1. The van der Waals surface area contributed by atoms with Gasteiger partial charge in [0.2, 0.25) is 0 Å². The molecule has 94 valence electrons. The number of carbonyl (C=O) groups is 1. The summed E-state index contributed by atoms with van der Waals surface area (Å²) < 4.78 is 5.09. The van der Waals surface area contributed by atoms with Gasteiger partial charge in [0.1, 0.15) is 10.8 Å². The lowest BCUT2D eigenvalue weighted by molar-refractivity contribution is -0.137. The number of carboxylic acids is 1. The first-order valence-corrected chi connectivity index (χ1v) is 6.34. The van der Waals surface area contributed by atoms with Crippen LogP contribution < -0.4 is 4.74 Å². The molecule has 0 saturated carbocycles. The van der Waals surface area contributed by atoms with Crippen molar-refractivity contribution in [1.29, 1.82) is 0 Å². The molecule has 1 aromatic carbocycles. The predicted octanol–water partition coefficient (Wildman–Crippen LogP) is 2.76. The van der Waals surface area contributed by atoms with Crippen molar-refractivity contribution in [1.82, 2.24) is 4.98 Å². The zero-order chi connectivity index (χ0) is 13.0. The molecule has 0 spiro atoms. The molecular formula is C13H13NO3S. The Morgan fingerprint density at radius 2 is 2.17 bits per heavy atom. The van der Waals surface area contributed by atoms with Gasteiger partial charge in [0, 0.05) is 17.5 Å². The monoisotopic (exact) mass is 263 g/mol. The van der Waals surface area contributed by atoms with Crippen molar-refractivity contribution in [2.24, 2.45) is 0 Å². The van der Waals surface area contributed by atoms with Crippen LogP contribution in [0.1, 0.15) is 22.9 Å². The molecule has 0 bridgehead atoms. The van der Waals surface area contributed by atoms with E-state index in [2.05, 4.69) is 4.98 Å². The Labute approximate surface area is 109 Å². The van der Waals surface area contributed by atoms with Gasteiger partial charge >= 0.3 is 5.97 Å². The van der Waals surface area contributed by atoms with Gasteiger partial charge in [-0.3, -0.25) is 4.79 Å². The third-order valence-corrected chi connectivity index (χ3v) is 3.54. The lowest BCUT2D eigenvalue weighted by atomic mass is 9.96. The van der Waals surface area contributed by atoms with Crippen LogP contribution in [0, 0.1) is 0 Å². The molecular weight excluding hydrogens is 250 g/mol. The zero-order valence-electron chi connectivity index (χ0n) is 9.87. The molecule has 0 aliphatic carbocycles. The highest BCUT2D eigenvalue weighted by atomic mass is 32.1. The minimum Gasteiger partial charge on any atom is -0.497 e. The number of benzene rings is 1. The van der Waals surface area contributed by atoms with Crippen LogP contribution >= 0.6 is 11.3 Å². The van der Waals surface area contributed by atoms with Gasteiger partial charge in [0.25, 0.3) is 0 Å². The van der Waals surface area contributed by atoms with Crippen molar-refractivity contribution >= 4 is 17.3 Å². The Balaban J connectivity index is 2.30. The number of aromatic nitrogens is 1. The third-order valence-electron chi connectivity index (χ3n) is 2.65. The molecule has 1 aromatic heterocycles. The minimum atomic E-state index is -0.828. The average molecular weight is 263 g/mol. The van der Waals surface area contributed by atoms with E-state index in [9.17, 15) is 4.79 Å². The Bertz CT molecular complexity index is 508. The Kier molecular flexibility index (Phi) is 3.94. The zero-order valence-corrected chi connectivity index (χ0v) is 10.7. The van der Waals surface area contributed by atoms with Crippen LogP contribution in [-0.4, -0.2) is 23.2 Å². The van der Waals surface area contributed by atoms with Crippen molar-refractivity contribution in [2.45, 2.75) is 12.3 Å². The summed E-state index contributed by atoms with van der Waals surface area (Å²) in [4.78, 5) is 15.2. The number of hydrogen-bond donors (Lipinski definition) is 1. The maximum absolute atomic E-state index is 11.0. The van der Waals surface area contributed by atoms with Crippen LogP contribution in [0.25, 0.3) is 0 Å². The third kappa shape index (κ3) is 2.87. The molecule has 2 aromatic rings. The molecule has 5 heteroatoms. The van der Waals surface area contributed by atoms with Gasteiger partial charge < -0.3 is 9.84 Å². The standard InChI is InChI=1S/C13H13NO3S/c1-17-10-4-2-9(3-5-10)11(8-12(15)16)13-14-6-7-18-13/h2-7,11H,8H2,1H3,(H,15,16). The first-order valence-electron chi connectivity index (χ1n) is 5.46. The molecule has 1 N–H and O–H groups in total. The SMILES string of the molecule is COc1ccc(C(CC(=O)O)c2nccs2)cc1. The van der Waals surface area contributed by atoms with Gasteiger partial charge in [-0.25, -0.2) is 4.98 Å². The van der Waals surface area contributed by atoms with Crippen LogP contribution in [0.3, 0.4) is 0 Å². The molecule has 1 heterocycles. The number of rotatable bonds is 5. The van der Waals surface area contributed by atoms with Crippen molar-refractivity contribution < 1.29 is 14.6 Å². The van der Waals surface area contributed by atoms with E-state index in [1.54, 1.807) is 13.3 Å². The molecule has 1 atom stereocenters. The second kappa shape index (κ2) is 5.64. The van der Waals surface area contributed by atoms with Crippen LogP contribution in [-0.2, 0) is 4.79 Å². The molecule has 0 aliphatic heterocycles.